The van der Waals surface area contributed by atoms with E-state index in [1.807, 2.05) is 25.1 Å². The average molecular weight is 283 g/mol. The number of anilines is 1. The predicted octanol–water partition coefficient (Wildman–Crippen LogP) is 1.87. The zero-order valence-corrected chi connectivity index (χ0v) is 11.7. The van der Waals surface area contributed by atoms with E-state index in [2.05, 4.69) is 5.32 Å². The monoisotopic (exact) mass is 283 g/mol. The van der Waals surface area contributed by atoms with E-state index in [4.69, 9.17) is 4.18 Å². The van der Waals surface area contributed by atoms with E-state index in [9.17, 15) is 13.2 Å². The molecule has 0 bridgehead atoms. The summed E-state index contributed by atoms with van der Waals surface area (Å²) in [5.74, 6) is -0.769. The summed E-state index contributed by atoms with van der Waals surface area (Å²) in [4.78, 5) is 12.0. The maximum absolute atomic E-state index is 12.0. The molecule has 0 aliphatic carbocycles. The van der Waals surface area contributed by atoms with Gasteiger partial charge in [0.2, 0.25) is 5.91 Å². The second-order valence-electron chi connectivity index (χ2n) is 4.68. The summed E-state index contributed by atoms with van der Waals surface area (Å²) in [5.41, 5.74) is 1.53. The van der Waals surface area contributed by atoms with Gasteiger partial charge in [-0.25, -0.2) is 0 Å². The maximum Gasteiger partial charge on any atom is 0.264 e. The summed E-state index contributed by atoms with van der Waals surface area (Å²) in [5, 5.41) is 2.76. The van der Waals surface area contributed by atoms with Crippen LogP contribution in [-0.4, -0.2) is 26.7 Å². The molecule has 0 saturated carbocycles. The maximum atomic E-state index is 12.0. The van der Waals surface area contributed by atoms with Gasteiger partial charge in [0.1, 0.15) is 0 Å². The van der Waals surface area contributed by atoms with Crippen molar-refractivity contribution < 1.29 is 17.4 Å². The van der Waals surface area contributed by atoms with Crippen LogP contribution in [-0.2, 0) is 19.1 Å². The van der Waals surface area contributed by atoms with Gasteiger partial charge in [0, 0.05) is 5.69 Å². The van der Waals surface area contributed by atoms with Crippen molar-refractivity contribution in [3.05, 3.63) is 29.8 Å². The molecule has 0 aromatic heterocycles. The Morgan fingerprint density at radius 3 is 2.68 bits per heavy atom. The summed E-state index contributed by atoms with van der Waals surface area (Å²) in [6.45, 7) is 1.93. The normalized spacial score (nSPS) is 19.9. The van der Waals surface area contributed by atoms with Gasteiger partial charge in [-0.15, -0.1) is 0 Å². The first-order valence-electron chi connectivity index (χ1n) is 6.20. The highest BCUT2D eigenvalue weighted by atomic mass is 32.2. The van der Waals surface area contributed by atoms with Crippen molar-refractivity contribution >= 4 is 21.7 Å². The van der Waals surface area contributed by atoms with Crippen LogP contribution in [0.4, 0.5) is 5.69 Å². The lowest BCUT2D eigenvalue weighted by Crippen LogP contribution is -2.29. The number of carbonyl (C=O) groups is 1. The standard InChI is InChI=1S/C13H17NO4S/c1-3-6-11(18-19(2,16)17)12-9-7-4-5-8-10(9)14-13(12)15/h4-5,7-8,11-12H,3,6H2,1-2H3,(H,14,15). The molecule has 19 heavy (non-hydrogen) atoms. The minimum Gasteiger partial charge on any atom is -0.325 e. The van der Waals surface area contributed by atoms with Crippen LogP contribution in [0, 0.1) is 0 Å². The van der Waals surface area contributed by atoms with Crippen LogP contribution in [0.5, 0.6) is 0 Å². The van der Waals surface area contributed by atoms with Gasteiger partial charge in [-0.3, -0.25) is 8.98 Å². The van der Waals surface area contributed by atoms with Gasteiger partial charge in [-0.2, -0.15) is 8.42 Å². The van der Waals surface area contributed by atoms with Crippen molar-refractivity contribution in [3.63, 3.8) is 0 Å². The molecular weight excluding hydrogens is 266 g/mol. The second-order valence-corrected chi connectivity index (χ2v) is 6.28. The molecular formula is C13H17NO4S. The molecule has 1 amide bonds. The fourth-order valence-electron chi connectivity index (χ4n) is 2.38. The summed E-state index contributed by atoms with van der Waals surface area (Å²) in [7, 11) is -3.59. The zero-order chi connectivity index (χ0) is 14.0. The topological polar surface area (TPSA) is 72.5 Å². The molecule has 1 aromatic carbocycles. The van der Waals surface area contributed by atoms with Gasteiger partial charge < -0.3 is 5.32 Å². The number of amides is 1. The Labute approximate surface area is 113 Å². The van der Waals surface area contributed by atoms with Crippen molar-refractivity contribution in [2.45, 2.75) is 31.8 Å². The van der Waals surface area contributed by atoms with Gasteiger partial charge in [0.25, 0.3) is 10.1 Å². The fourth-order valence-corrected chi connectivity index (χ4v) is 3.04. The molecule has 104 valence electrons. The summed E-state index contributed by atoms with van der Waals surface area (Å²) >= 11 is 0. The van der Waals surface area contributed by atoms with Crippen molar-refractivity contribution in [3.8, 4) is 0 Å². The van der Waals surface area contributed by atoms with Crippen LogP contribution < -0.4 is 5.32 Å². The van der Waals surface area contributed by atoms with E-state index in [1.165, 1.54) is 0 Å². The van der Waals surface area contributed by atoms with Crippen LogP contribution in [0.1, 0.15) is 31.2 Å². The van der Waals surface area contributed by atoms with E-state index in [0.717, 1.165) is 23.9 Å². The highest BCUT2D eigenvalue weighted by Gasteiger charge is 2.38. The quantitative estimate of drug-likeness (QED) is 0.837. The highest BCUT2D eigenvalue weighted by Crippen LogP contribution is 2.37. The van der Waals surface area contributed by atoms with Crippen LogP contribution in [0.3, 0.4) is 0 Å². The lowest BCUT2D eigenvalue weighted by atomic mass is 9.92. The molecule has 5 nitrogen and oxygen atoms in total. The Morgan fingerprint density at radius 1 is 1.37 bits per heavy atom. The number of hydrogen-bond acceptors (Lipinski definition) is 4. The molecule has 2 unspecified atom stereocenters. The number of hydrogen-bond donors (Lipinski definition) is 1. The first-order valence-corrected chi connectivity index (χ1v) is 8.02. The van der Waals surface area contributed by atoms with Crippen molar-refractivity contribution in [1.29, 1.82) is 0 Å². The van der Waals surface area contributed by atoms with Crippen LogP contribution in [0.25, 0.3) is 0 Å². The smallest absolute Gasteiger partial charge is 0.264 e. The van der Waals surface area contributed by atoms with Gasteiger partial charge in [-0.1, -0.05) is 31.5 Å². The summed E-state index contributed by atoms with van der Waals surface area (Å²) in [6, 6.07) is 7.28. The average Bonchev–Trinajstić information content (AvgIpc) is 2.62. The molecule has 1 aliphatic rings. The van der Waals surface area contributed by atoms with E-state index < -0.39 is 22.1 Å². The number of para-hydroxylation sites is 1. The Bertz CT molecular complexity index is 582. The van der Waals surface area contributed by atoms with Crippen molar-refractivity contribution in [2.24, 2.45) is 0 Å². The third-order valence-electron chi connectivity index (χ3n) is 3.08. The lowest BCUT2D eigenvalue weighted by Gasteiger charge is -2.21. The first-order chi connectivity index (χ1) is 8.92. The number of benzene rings is 1. The molecule has 2 atom stereocenters. The number of fused-ring (bicyclic) bond motifs is 1. The second kappa shape index (κ2) is 5.30. The molecule has 0 fully saturated rings. The fraction of sp³-hybridized carbons (Fsp3) is 0.462. The largest absolute Gasteiger partial charge is 0.325 e. The predicted molar refractivity (Wildman–Crippen MR) is 72.4 cm³/mol. The third kappa shape index (κ3) is 3.13. The van der Waals surface area contributed by atoms with E-state index >= 15 is 0 Å². The van der Waals surface area contributed by atoms with Gasteiger partial charge in [0.15, 0.2) is 0 Å². The van der Waals surface area contributed by atoms with Crippen LogP contribution in [0.2, 0.25) is 0 Å². The summed E-state index contributed by atoms with van der Waals surface area (Å²) < 4.78 is 27.8. The minimum absolute atomic E-state index is 0.205. The van der Waals surface area contributed by atoms with Gasteiger partial charge in [-0.05, 0) is 18.1 Å². The van der Waals surface area contributed by atoms with Crippen LogP contribution >= 0.6 is 0 Å². The zero-order valence-electron chi connectivity index (χ0n) is 10.9. The molecule has 0 radical (unpaired) electrons. The van der Waals surface area contributed by atoms with Crippen LogP contribution in [0.15, 0.2) is 24.3 Å². The Morgan fingerprint density at radius 2 is 2.05 bits per heavy atom. The van der Waals surface area contributed by atoms with Crippen molar-refractivity contribution in [1.82, 2.24) is 0 Å². The molecule has 1 N–H and O–H groups in total. The highest BCUT2D eigenvalue weighted by molar-refractivity contribution is 7.86. The van der Waals surface area contributed by atoms with E-state index in [-0.39, 0.29) is 5.91 Å². The number of rotatable bonds is 5. The van der Waals surface area contributed by atoms with Gasteiger partial charge in [0.05, 0.1) is 18.3 Å². The SMILES string of the molecule is CCCC(OS(C)(=O)=O)C1C(=O)Nc2ccccc21. The molecule has 0 spiro atoms. The Kier molecular flexibility index (Phi) is 3.91. The molecule has 0 saturated heterocycles. The third-order valence-corrected chi connectivity index (χ3v) is 3.68. The van der Waals surface area contributed by atoms with Crippen molar-refractivity contribution in [2.75, 3.05) is 11.6 Å². The lowest BCUT2D eigenvalue weighted by molar-refractivity contribution is -0.118. The van der Waals surface area contributed by atoms with E-state index in [1.54, 1.807) is 6.07 Å². The van der Waals surface area contributed by atoms with E-state index in [0.29, 0.717) is 6.42 Å². The Hall–Kier alpha value is -1.40. The first kappa shape index (κ1) is 14.0. The minimum atomic E-state index is -3.59. The summed E-state index contributed by atoms with van der Waals surface area (Å²) in [6.07, 6.45) is 1.61. The number of nitrogens with one attached hydrogen (secondary N) is 1. The molecule has 1 heterocycles. The molecule has 6 heteroatoms. The van der Waals surface area contributed by atoms with Gasteiger partial charge >= 0.3 is 0 Å². The molecule has 2 rings (SSSR count). The molecule has 1 aliphatic heterocycles. The Balaban J connectivity index is 2.34. The molecule has 1 aromatic rings. The number of carbonyl (C=O) groups excluding carboxylic acids is 1.